The molecule has 0 fully saturated rings. The van der Waals surface area contributed by atoms with E-state index in [9.17, 15) is 9.59 Å². The molecule has 5 N–H and O–H groups in total. The van der Waals surface area contributed by atoms with Crippen LogP contribution in [0.15, 0.2) is 11.6 Å². The minimum absolute atomic E-state index is 0.107. The number of fused-ring (bicyclic) bond motifs is 1. The Morgan fingerprint density at radius 1 is 1.40 bits per heavy atom. The Labute approximate surface area is 119 Å². The van der Waals surface area contributed by atoms with Crippen LogP contribution in [0, 0.1) is 0 Å². The van der Waals surface area contributed by atoms with Crippen LogP contribution in [0.3, 0.4) is 0 Å². The molecule has 0 aliphatic carbocycles. The first-order valence-corrected chi connectivity index (χ1v) is 6.81. The summed E-state index contributed by atoms with van der Waals surface area (Å²) in [6.07, 6.45) is 1.88. The largest absolute Gasteiger partial charge is 0.368 e. The second-order valence-corrected chi connectivity index (χ2v) is 5.13. The molecule has 108 valence electrons. The van der Waals surface area contributed by atoms with Crippen LogP contribution in [0.4, 0.5) is 5.82 Å². The molecular formula is C11H16N6O2S. The molecule has 0 aliphatic rings. The third kappa shape index (κ3) is 2.89. The van der Waals surface area contributed by atoms with Crippen LogP contribution < -0.4 is 21.7 Å². The Kier molecular flexibility index (Phi) is 4.20. The number of hydrogen-bond acceptors (Lipinski definition) is 6. The van der Waals surface area contributed by atoms with E-state index in [1.807, 2.05) is 23.0 Å². The minimum Gasteiger partial charge on any atom is -0.368 e. The van der Waals surface area contributed by atoms with Crippen molar-refractivity contribution in [1.29, 1.82) is 0 Å². The van der Waals surface area contributed by atoms with E-state index < -0.39 is 11.8 Å². The van der Waals surface area contributed by atoms with Crippen LogP contribution in [-0.2, 0) is 16.1 Å². The average molecular weight is 296 g/mol. The van der Waals surface area contributed by atoms with Gasteiger partial charge in [-0.3, -0.25) is 14.0 Å². The summed E-state index contributed by atoms with van der Waals surface area (Å²) in [6.45, 7) is 0.330. The molecule has 2 amide bonds. The van der Waals surface area contributed by atoms with Gasteiger partial charge in [-0.05, 0) is 7.05 Å². The first-order chi connectivity index (χ1) is 9.52. The van der Waals surface area contributed by atoms with Gasteiger partial charge < -0.3 is 21.7 Å². The topological polar surface area (TPSA) is 119 Å². The fraction of sp³-hybridized carbons (Fsp3) is 0.364. The number of aromatic nitrogens is 2. The fourth-order valence-electron chi connectivity index (χ4n) is 1.99. The van der Waals surface area contributed by atoms with Gasteiger partial charge in [-0.25, -0.2) is 4.98 Å². The predicted molar refractivity (Wildman–Crippen MR) is 76.4 cm³/mol. The van der Waals surface area contributed by atoms with Gasteiger partial charge in [0.2, 0.25) is 11.8 Å². The summed E-state index contributed by atoms with van der Waals surface area (Å²) in [6, 6.07) is 0. The third-order valence-corrected chi connectivity index (χ3v) is 3.43. The molecule has 0 bridgehead atoms. The number of rotatable bonds is 7. The van der Waals surface area contributed by atoms with Crippen LogP contribution in [0.1, 0.15) is 5.69 Å². The van der Waals surface area contributed by atoms with Crippen LogP contribution in [-0.4, -0.2) is 41.3 Å². The molecule has 0 saturated heterocycles. The van der Waals surface area contributed by atoms with Crippen molar-refractivity contribution in [1.82, 2.24) is 14.7 Å². The Morgan fingerprint density at radius 2 is 2.05 bits per heavy atom. The summed E-state index contributed by atoms with van der Waals surface area (Å²) in [5, 5.41) is 4.95. The Balaban J connectivity index is 2.44. The number of anilines is 1. The Bertz CT molecular complexity index is 618. The van der Waals surface area contributed by atoms with E-state index in [1.54, 1.807) is 0 Å². The van der Waals surface area contributed by atoms with E-state index in [0.29, 0.717) is 12.4 Å². The highest BCUT2D eigenvalue weighted by molar-refractivity contribution is 7.15. The van der Waals surface area contributed by atoms with Crippen molar-refractivity contribution in [3.63, 3.8) is 0 Å². The lowest BCUT2D eigenvalue weighted by Gasteiger charge is -2.20. The smallest absolute Gasteiger partial charge is 0.237 e. The van der Waals surface area contributed by atoms with Gasteiger partial charge in [-0.2, -0.15) is 0 Å². The molecule has 0 aromatic carbocycles. The van der Waals surface area contributed by atoms with E-state index >= 15 is 0 Å². The molecule has 2 aromatic rings. The molecular weight excluding hydrogens is 280 g/mol. The summed E-state index contributed by atoms with van der Waals surface area (Å²) in [4.78, 5) is 29.1. The zero-order valence-corrected chi connectivity index (χ0v) is 11.8. The van der Waals surface area contributed by atoms with Crippen LogP contribution in [0.2, 0.25) is 0 Å². The average Bonchev–Trinajstić information content (AvgIpc) is 2.90. The molecule has 9 heteroatoms. The van der Waals surface area contributed by atoms with Gasteiger partial charge in [-0.1, -0.05) is 0 Å². The third-order valence-electron chi connectivity index (χ3n) is 2.68. The standard InChI is InChI=1S/C11H16N6O2S/c1-14-4-7-10(15-11-17(7)2-3-20-11)16(5-8(12)18)6-9(13)19/h2-3,14H,4-6H2,1H3,(H2,12,18)(H2,13,19). The van der Waals surface area contributed by atoms with E-state index in [1.165, 1.54) is 16.2 Å². The highest BCUT2D eigenvalue weighted by atomic mass is 32.1. The molecule has 2 heterocycles. The van der Waals surface area contributed by atoms with Gasteiger partial charge in [0, 0.05) is 18.1 Å². The van der Waals surface area contributed by atoms with E-state index in [2.05, 4.69) is 10.3 Å². The summed E-state index contributed by atoms with van der Waals surface area (Å²) in [5.74, 6) is -0.542. The maximum Gasteiger partial charge on any atom is 0.237 e. The number of thiazole rings is 1. The lowest BCUT2D eigenvalue weighted by atomic mass is 10.3. The second-order valence-electron chi connectivity index (χ2n) is 4.26. The molecule has 0 aliphatic heterocycles. The van der Waals surface area contributed by atoms with Crippen molar-refractivity contribution in [2.24, 2.45) is 11.5 Å². The number of nitrogens with two attached hydrogens (primary N) is 2. The minimum atomic E-state index is -0.544. The number of amides is 2. The van der Waals surface area contributed by atoms with Crippen molar-refractivity contribution in [2.45, 2.75) is 6.54 Å². The molecule has 2 rings (SSSR count). The van der Waals surface area contributed by atoms with E-state index in [0.717, 1.165) is 10.7 Å². The second kappa shape index (κ2) is 5.88. The molecule has 0 spiro atoms. The zero-order valence-electron chi connectivity index (χ0n) is 11.0. The SMILES string of the molecule is CNCc1c(N(CC(N)=O)CC(N)=O)nc2sccn12. The van der Waals surface area contributed by atoms with Gasteiger partial charge in [0.1, 0.15) is 0 Å². The Hall–Kier alpha value is -2.13. The normalized spacial score (nSPS) is 10.8. The molecule has 0 radical (unpaired) electrons. The number of carbonyl (C=O) groups is 2. The first kappa shape index (κ1) is 14.3. The van der Waals surface area contributed by atoms with Gasteiger partial charge in [0.25, 0.3) is 0 Å². The quantitative estimate of drug-likeness (QED) is 0.599. The molecule has 8 nitrogen and oxygen atoms in total. The van der Waals surface area contributed by atoms with Crippen molar-refractivity contribution < 1.29 is 9.59 Å². The van der Waals surface area contributed by atoms with Crippen LogP contribution in [0.5, 0.6) is 0 Å². The van der Waals surface area contributed by atoms with E-state index in [-0.39, 0.29) is 13.1 Å². The molecule has 2 aromatic heterocycles. The van der Waals surface area contributed by atoms with Crippen molar-refractivity contribution >= 4 is 33.9 Å². The highest BCUT2D eigenvalue weighted by Gasteiger charge is 2.21. The zero-order chi connectivity index (χ0) is 14.7. The van der Waals surface area contributed by atoms with Crippen LogP contribution in [0.25, 0.3) is 4.96 Å². The van der Waals surface area contributed by atoms with Gasteiger partial charge in [-0.15, -0.1) is 11.3 Å². The number of imidazole rings is 1. The number of carbonyl (C=O) groups excluding carboxylic acids is 2. The van der Waals surface area contributed by atoms with Crippen molar-refractivity contribution in [2.75, 3.05) is 25.0 Å². The predicted octanol–water partition coefficient (Wildman–Crippen LogP) is -1.11. The van der Waals surface area contributed by atoms with Gasteiger partial charge in [0.05, 0.1) is 18.8 Å². The lowest BCUT2D eigenvalue weighted by molar-refractivity contribution is -0.117. The van der Waals surface area contributed by atoms with Crippen LogP contribution >= 0.6 is 11.3 Å². The summed E-state index contributed by atoms with van der Waals surface area (Å²) >= 11 is 1.47. The fourth-order valence-corrected chi connectivity index (χ4v) is 2.72. The summed E-state index contributed by atoms with van der Waals surface area (Å²) in [5.41, 5.74) is 11.3. The number of nitrogens with one attached hydrogen (secondary N) is 1. The Morgan fingerprint density at radius 3 is 2.60 bits per heavy atom. The maximum atomic E-state index is 11.2. The molecule has 0 unspecified atom stereocenters. The maximum absolute atomic E-state index is 11.2. The number of hydrogen-bond donors (Lipinski definition) is 3. The van der Waals surface area contributed by atoms with Gasteiger partial charge in [0.15, 0.2) is 10.8 Å². The molecule has 0 atom stereocenters. The number of nitrogens with zero attached hydrogens (tertiary/aromatic N) is 3. The molecule has 0 saturated carbocycles. The summed E-state index contributed by atoms with van der Waals surface area (Å²) < 4.78 is 1.91. The summed E-state index contributed by atoms with van der Waals surface area (Å²) in [7, 11) is 1.81. The highest BCUT2D eigenvalue weighted by Crippen LogP contribution is 2.24. The van der Waals surface area contributed by atoms with Gasteiger partial charge >= 0.3 is 0 Å². The lowest BCUT2D eigenvalue weighted by Crippen LogP contribution is -2.40. The molecule has 20 heavy (non-hydrogen) atoms. The van der Waals surface area contributed by atoms with E-state index in [4.69, 9.17) is 11.5 Å². The van der Waals surface area contributed by atoms with Crippen molar-refractivity contribution in [3.8, 4) is 0 Å². The van der Waals surface area contributed by atoms with Crippen molar-refractivity contribution in [3.05, 3.63) is 17.3 Å². The monoisotopic (exact) mass is 296 g/mol. The number of primary amides is 2. The first-order valence-electron chi connectivity index (χ1n) is 5.93.